The third-order valence-corrected chi connectivity index (χ3v) is 2.26. The van der Waals surface area contributed by atoms with E-state index in [0.717, 1.165) is 0 Å². The van der Waals surface area contributed by atoms with Crippen LogP contribution in [0.1, 0.15) is 19.4 Å². The molecule has 1 rings (SSSR count). The highest BCUT2D eigenvalue weighted by molar-refractivity contribution is 5.81. The quantitative estimate of drug-likeness (QED) is 0.619. The molecule has 0 radical (unpaired) electrons. The summed E-state index contributed by atoms with van der Waals surface area (Å²) in [5.74, 6) is -1.03. The maximum atomic E-state index is 10.9. The molecule has 0 spiro atoms. The number of carboxylic acid groups (broad SMARTS) is 1. The number of aryl methyl sites for hydroxylation is 1. The summed E-state index contributed by atoms with van der Waals surface area (Å²) in [5.41, 5.74) is -0.123. The lowest BCUT2D eigenvalue weighted by Gasteiger charge is -2.22. The molecule has 0 aliphatic rings. The second kappa shape index (κ2) is 4.40. The molecule has 2 N–H and O–H groups in total. The van der Waals surface area contributed by atoms with Gasteiger partial charge in [0.1, 0.15) is 5.54 Å². The summed E-state index contributed by atoms with van der Waals surface area (Å²) < 4.78 is 0. The number of hydrogen-bond acceptors (Lipinski definition) is 4. The molecule has 0 unspecified atom stereocenters. The summed E-state index contributed by atoms with van der Waals surface area (Å²) in [4.78, 5) is 21.1. The van der Waals surface area contributed by atoms with Gasteiger partial charge < -0.3 is 10.4 Å². The number of carbonyl (C=O) groups is 1. The zero-order valence-corrected chi connectivity index (χ0v) is 9.85. The second-order valence-corrected chi connectivity index (χ2v) is 4.37. The SMILES string of the molecule is Cc1cc(NC(C)(C)C(=O)O)cc([N+](=O)[O-])c1. The van der Waals surface area contributed by atoms with Crippen LogP contribution in [0.2, 0.25) is 0 Å². The Hall–Kier alpha value is -2.11. The fourth-order valence-corrected chi connectivity index (χ4v) is 1.35. The molecule has 0 bridgehead atoms. The predicted octanol–water partition coefficient (Wildman–Crippen LogP) is 2.18. The van der Waals surface area contributed by atoms with E-state index < -0.39 is 16.4 Å². The predicted molar refractivity (Wildman–Crippen MR) is 63.2 cm³/mol. The molecule has 1 aromatic carbocycles. The Morgan fingerprint density at radius 3 is 2.47 bits per heavy atom. The molecular weight excluding hydrogens is 224 g/mol. The van der Waals surface area contributed by atoms with E-state index in [2.05, 4.69) is 5.32 Å². The van der Waals surface area contributed by atoms with Crippen LogP contribution in [0.3, 0.4) is 0 Å². The maximum Gasteiger partial charge on any atom is 0.328 e. The Labute approximate surface area is 98.4 Å². The normalized spacial score (nSPS) is 11.0. The molecule has 6 nitrogen and oxygen atoms in total. The van der Waals surface area contributed by atoms with Gasteiger partial charge in [0, 0.05) is 17.8 Å². The first-order valence-electron chi connectivity index (χ1n) is 5.00. The summed E-state index contributed by atoms with van der Waals surface area (Å²) in [7, 11) is 0. The van der Waals surface area contributed by atoms with E-state index in [1.807, 2.05) is 0 Å². The van der Waals surface area contributed by atoms with Gasteiger partial charge in [-0.15, -0.1) is 0 Å². The number of benzene rings is 1. The molecule has 0 aliphatic carbocycles. The molecule has 6 heteroatoms. The van der Waals surface area contributed by atoms with E-state index in [1.165, 1.54) is 26.0 Å². The van der Waals surface area contributed by atoms with Gasteiger partial charge in [0.2, 0.25) is 0 Å². The molecule has 0 atom stereocenters. The number of non-ortho nitro benzene ring substituents is 1. The third kappa shape index (κ3) is 3.17. The van der Waals surface area contributed by atoms with Gasteiger partial charge in [-0.2, -0.15) is 0 Å². The Morgan fingerprint density at radius 1 is 1.41 bits per heavy atom. The topological polar surface area (TPSA) is 92.5 Å². The number of rotatable bonds is 4. The molecule has 0 amide bonds. The van der Waals surface area contributed by atoms with Crippen LogP contribution in [0, 0.1) is 17.0 Å². The fraction of sp³-hybridized carbons (Fsp3) is 0.364. The number of nitro groups is 1. The van der Waals surface area contributed by atoms with Crippen LogP contribution in [-0.2, 0) is 4.79 Å². The van der Waals surface area contributed by atoms with Crippen molar-refractivity contribution < 1.29 is 14.8 Å². The molecule has 0 aromatic heterocycles. The standard InChI is InChI=1S/C11H14N2O4/c1-7-4-8(6-9(5-7)13(16)17)12-11(2,3)10(14)15/h4-6,12H,1-3H3,(H,14,15). The zero-order chi connectivity index (χ0) is 13.2. The molecular formula is C11H14N2O4. The average molecular weight is 238 g/mol. The van der Waals surface area contributed by atoms with Crippen LogP contribution in [0.15, 0.2) is 18.2 Å². The monoisotopic (exact) mass is 238 g/mol. The molecule has 92 valence electrons. The largest absolute Gasteiger partial charge is 0.480 e. The second-order valence-electron chi connectivity index (χ2n) is 4.37. The Bertz CT molecular complexity index is 469. The number of hydrogen-bond donors (Lipinski definition) is 2. The van der Waals surface area contributed by atoms with Crippen LogP contribution < -0.4 is 5.32 Å². The van der Waals surface area contributed by atoms with Gasteiger partial charge in [-0.25, -0.2) is 4.79 Å². The van der Waals surface area contributed by atoms with Crippen LogP contribution in [0.5, 0.6) is 0 Å². The van der Waals surface area contributed by atoms with Crippen LogP contribution in [-0.4, -0.2) is 21.5 Å². The Kier molecular flexibility index (Phi) is 3.36. The highest BCUT2D eigenvalue weighted by Crippen LogP contribution is 2.23. The molecule has 0 heterocycles. The smallest absolute Gasteiger partial charge is 0.328 e. The lowest BCUT2D eigenvalue weighted by atomic mass is 10.1. The van der Waals surface area contributed by atoms with Crippen molar-refractivity contribution in [2.24, 2.45) is 0 Å². The molecule has 0 fully saturated rings. The van der Waals surface area contributed by atoms with E-state index in [9.17, 15) is 14.9 Å². The van der Waals surface area contributed by atoms with E-state index in [4.69, 9.17) is 5.11 Å². The van der Waals surface area contributed by atoms with Crippen molar-refractivity contribution >= 4 is 17.3 Å². The van der Waals surface area contributed by atoms with E-state index in [0.29, 0.717) is 11.3 Å². The van der Waals surface area contributed by atoms with Crippen molar-refractivity contribution in [2.75, 3.05) is 5.32 Å². The highest BCUT2D eigenvalue weighted by atomic mass is 16.6. The number of carboxylic acids is 1. The summed E-state index contributed by atoms with van der Waals surface area (Å²) in [6.45, 7) is 4.69. The molecule has 0 aliphatic heterocycles. The molecule has 0 saturated carbocycles. The van der Waals surface area contributed by atoms with Crippen molar-refractivity contribution in [3.05, 3.63) is 33.9 Å². The minimum Gasteiger partial charge on any atom is -0.480 e. The van der Waals surface area contributed by atoms with Gasteiger partial charge in [-0.3, -0.25) is 10.1 Å². The van der Waals surface area contributed by atoms with Crippen molar-refractivity contribution in [1.82, 2.24) is 0 Å². The number of aliphatic carboxylic acids is 1. The van der Waals surface area contributed by atoms with Crippen molar-refractivity contribution in [2.45, 2.75) is 26.3 Å². The summed E-state index contributed by atoms with van der Waals surface area (Å²) in [6.07, 6.45) is 0. The average Bonchev–Trinajstić information content (AvgIpc) is 2.15. The third-order valence-electron chi connectivity index (χ3n) is 2.26. The minimum absolute atomic E-state index is 0.0614. The summed E-state index contributed by atoms with van der Waals surface area (Å²) in [5, 5.41) is 22.4. The summed E-state index contributed by atoms with van der Waals surface area (Å²) >= 11 is 0. The van der Waals surface area contributed by atoms with Gasteiger partial charge in [0.05, 0.1) is 4.92 Å². The Balaban J connectivity index is 3.07. The molecule has 0 saturated heterocycles. The van der Waals surface area contributed by atoms with Gasteiger partial charge in [0.25, 0.3) is 5.69 Å². The van der Waals surface area contributed by atoms with E-state index in [-0.39, 0.29) is 5.69 Å². The fourth-order valence-electron chi connectivity index (χ4n) is 1.35. The number of nitrogens with one attached hydrogen (secondary N) is 1. The zero-order valence-electron chi connectivity index (χ0n) is 9.85. The van der Waals surface area contributed by atoms with Crippen molar-refractivity contribution in [3.8, 4) is 0 Å². The highest BCUT2D eigenvalue weighted by Gasteiger charge is 2.27. The molecule has 1 aromatic rings. The lowest BCUT2D eigenvalue weighted by Crippen LogP contribution is -2.39. The van der Waals surface area contributed by atoms with Gasteiger partial charge >= 0.3 is 5.97 Å². The van der Waals surface area contributed by atoms with Gasteiger partial charge in [0.15, 0.2) is 0 Å². The minimum atomic E-state index is -1.18. The number of anilines is 1. The first-order chi connectivity index (χ1) is 7.72. The number of nitrogens with zero attached hydrogens (tertiary/aromatic N) is 1. The molecule has 17 heavy (non-hydrogen) atoms. The Morgan fingerprint density at radius 2 is 2.00 bits per heavy atom. The lowest BCUT2D eigenvalue weighted by molar-refractivity contribution is -0.384. The first-order valence-corrected chi connectivity index (χ1v) is 5.00. The maximum absolute atomic E-state index is 10.9. The summed E-state index contributed by atoms with van der Waals surface area (Å²) in [6, 6.07) is 4.41. The first kappa shape index (κ1) is 13.0. The van der Waals surface area contributed by atoms with E-state index >= 15 is 0 Å². The van der Waals surface area contributed by atoms with E-state index in [1.54, 1.807) is 13.0 Å². The van der Waals surface area contributed by atoms with Gasteiger partial charge in [-0.1, -0.05) is 0 Å². The van der Waals surface area contributed by atoms with Gasteiger partial charge in [-0.05, 0) is 32.4 Å². The van der Waals surface area contributed by atoms with Crippen LogP contribution in [0.25, 0.3) is 0 Å². The van der Waals surface area contributed by atoms with Crippen molar-refractivity contribution in [3.63, 3.8) is 0 Å². The number of nitro benzene ring substituents is 1. The van der Waals surface area contributed by atoms with Crippen molar-refractivity contribution in [1.29, 1.82) is 0 Å². The van der Waals surface area contributed by atoms with Crippen LogP contribution >= 0.6 is 0 Å². The van der Waals surface area contributed by atoms with Crippen LogP contribution in [0.4, 0.5) is 11.4 Å².